The fourth-order valence-corrected chi connectivity index (χ4v) is 2.36. The molecule has 0 aliphatic heterocycles. The summed E-state index contributed by atoms with van der Waals surface area (Å²) in [5.74, 6) is -1.27. The molecule has 2 N–H and O–H groups in total. The van der Waals surface area contributed by atoms with Gasteiger partial charge in [0, 0.05) is 17.3 Å². The van der Waals surface area contributed by atoms with Gasteiger partial charge in [-0.2, -0.15) is 0 Å². The minimum absolute atomic E-state index is 0.000658. The Morgan fingerprint density at radius 2 is 2.08 bits per heavy atom. The average Bonchev–Trinajstić information content (AvgIpc) is 2.53. The van der Waals surface area contributed by atoms with Crippen LogP contribution >= 0.6 is 0 Å². The van der Waals surface area contributed by atoms with Crippen molar-refractivity contribution in [2.75, 3.05) is 0 Å². The van der Waals surface area contributed by atoms with E-state index in [2.05, 4.69) is 9.97 Å². The van der Waals surface area contributed by atoms with Crippen molar-refractivity contribution >= 4 is 17.6 Å². The molecule has 0 saturated carbocycles. The summed E-state index contributed by atoms with van der Waals surface area (Å²) in [6.07, 6.45) is 3.57. The molecule has 1 aromatic heterocycles. The van der Waals surface area contributed by atoms with Gasteiger partial charge in [0.05, 0.1) is 5.56 Å². The number of hydrogen-bond donors (Lipinski definition) is 2. The molecule has 0 aliphatic carbocycles. The average molecular weight is 330 g/mol. The first-order chi connectivity index (χ1) is 11.4. The van der Waals surface area contributed by atoms with Crippen LogP contribution in [-0.2, 0) is 6.42 Å². The van der Waals surface area contributed by atoms with E-state index >= 15 is 0 Å². The molecule has 1 aromatic carbocycles. The molecule has 0 unspecified atom stereocenters. The Morgan fingerprint density at radius 1 is 1.33 bits per heavy atom. The lowest BCUT2D eigenvalue weighted by Gasteiger charge is -2.07. The van der Waals surface area contributed by atoms with Gasteiger partial charge in [0.25, 0.3) is 5.56 Å². The number of carboxylic acids is 1. The largest absolute Gasteiger partial charge is 0.478 e. The van der Waals surface area contributed by atoms with E-state index in [0.29, 0.717) is 29.9 Å². The molecule has 126 valence electrons. The molecule has 0 radical (unpaired) electrons. The summed E-state index contributed by atoms with van der Waals surface area (Å²) in [6.45, 7) is 3.85. The lowest BCUT2D eigenvalue weighted by molar-refractivity contribution is 0.0697. The predicted octanol–water partition coefficient (Wildman–Crippen LogP) is 3.51. The molecule has 0 saturated heterocycles. The third-order valence-electron chi connectivity index (χ3n) is 3.56. The Morgan fingerprint density at radius 3 is 2.71 bits per heavy atom. The number of allylic oxidation sites excluding steroid dienone is 1. The van der Waals surface area contributed by atoms with Gasteiger partial charge in [-0.05, 0) is 42.7 Å². The lowest BCUT2D eigenvalue weighted by Crippen LogP contribution is -2.12. The Balaban J connectivity index is 2.52. The second kappa shape index (κ2) is 7.68. The molecule has 0 bridgehead atoms. The molecule has 5 nitrogen and oxygen atoms in total. The molecule has 24 heavy (non-hydrogen) atoms. The van der Waals surface area contributed by atoms with Crippen molar-refractivity contribution in [2.24, 2.45) is 0 Å². The maximum atomic E-state index is 14.0. The quantitative estimate of drug-likeness (QED) is 0.849. The summed E-state index contributed by atoms with van der Waals surface area (Å²) in [6, 6.07) is 5.04. The SMILES string of the molecule is CCCc1cc(=O)[nH]c(/C(=C/c2cc(C(=O)O)ccc2F)CC)n1. The van der Waals surface area contributed by atoms with Gasteiger partial charge < -0.3 is 10.1 Å². The van der Waals surface area contributed by atoms with Crippen LogP contribution in [0.4, 0.5) is 4.39 Å². The second-order valence-electron chi connectivity index (χ2n) is 5.40. The highest BCUT2D eigenvalue weighted by Gasteiger charge is 2.10. The van der Waals surface area contributed by atoms with Crippen molar-refractivity contribution in [3.63, 3.8) is 0 Å². The zero-order valence-electron chi connectivity index (χ0n) is 13.6. The van der Waals surface area contributed by atoms with Gasteiger partial charge in [0.15, 0.2) is 0 Å². The minimum Gasteiger partial charge on any atom is -0.478 e. The number of rotatable bonds is 6. The molecule has 0 aliphatic rings. The van der Waals surface area contributed by atoms with E-state index in [1.807, 2.05) is 13.8 Å². The molecule has 2 aromatic rings. The zero-order chi connectivity index (χ0) is 17.7. The van der Waals surface area contributed by atoms with Crippen LogP contribution in [0.2, 0.25) is 0 Å². The normalized spacial score (nSPS) is 11.5. The van der Waals surface area contributed by atoms with Crippen LogP contribution in [0.5, 0.6) is 0 Å². The van der Waals surface area contributed by atoms with Crippen LogP contribution in [-0.4, -0.2) is 21.0 Å². The highest BCUT2D eigenvalue weighted by molar-refractivity contribution is 5.89. The number of aromatic amines is 1. The van der Waals surface area contributed by atoms with Crippen LogP contribution in [0.15, 0.2) is 29.1 Å². The summed E-state index contributed by atoms with van der Waals surface area (Å²) >= 11 is 0. The number of benzene rings is 1. The fraction of sp³-hybridized carbons (Fsp3) is 0.278. The molecular formula is C18H19FN2O3. The minimum atomic E-state index is -1.13. The van der Waals surface area contributed by atoms with E-state index in [4.69, 9.17) is 5.11 Å². The fourth-order valence-electron chi connectivity index (χ4n) is 2.36. The number of hydrogen-bond acceptors (Lipinski definition) is 3. The summed E-state index contributed by atoms with van der Waals surface area (Å²) < 4.78 is 14.0. The maximum absolute atomic E-state index is 14.0. The third kappa shape index (κ3) is 4.16. The second-order valence-corrected chi connectivity index (χ2v) is 5.40. The first-order valence-electron chi connectivity index (χ1n) is 7.78. The first-order valence-corrected chi connectivity index (χ1v) is 7.78. The Hall–Kier alpha value is -2.76. The number of H-pyrrole nitrogens is 1. The number of nitrogens with zero attached hydrogens (tertiary/aromatic N) is 1. The molecule has 2 rings (SSSR count). The number of nitrogens with one attached hydrogen (secondary N) is 1. The van der Waals surface area contributed by atoms with E-state index in [0.717, 1.165) is 12.5 Å². The monoisotopic (exact) mass is 330 g/mol. The number of aryl methyl sites for hydroxylation is 1. The predicted molar refractivity (Wildman–Crippen MR) is 90.4 cm³/mol. The van der Waals surface area contributed by atoms with Gasteiger partial charge in [0.2, 0.25) is 0 Å². The summed E-state index contributed by atoms with van der Waals surface area (Å²) in [5, 5.41) is 9.04. The highest BCUT2D eigenvalue weighted by Crippen LogP contribution is 2.21. The number of halogens is 1. The number of carbonyl (C=O) groups is 1. The molecular weight excluding hydrogens is 311 g/mol. The van der Waals surface area contributed by atoms with Gasteiger partial charge >= 0.3 is 5.97 Å². The third-order valence-corrected chi connectivity index (χ3v) is 3.56. The molecule has 0 spiro atoms. The zero-order valence-corrected chi connectivity index (χ0v) is 13.6. The van der Waals surface area contributed by atoms with Crippen LogP contribution in [0.1, 0.15) is 54.1 Å². The van der Waals surface area contributed by atoms with E-state index in [1.165, 1.54) is 24.3 Å². The van der Waals surface area contributed by atoms with Gasteiger partial charge in [-0.15, -0.1) is 0 Å². The van der Waals surface area contributed by atoms with E-state index in [1.54, 1.807) is 0 Å². The Bertz CT molecular complexity index is 840. The summed E-state index contributed by atoms with van der Waals surface area (Å²) in [7, 11) is 0. The van der Waals surface area contributed by atoms with Gasteiger partial charge in [-0.1, -0.05) is 20.3 Å². The van der Waals surface area contributed by atoms with Gasteiger partial charge in [-0.3, -0.25) is 4.79 Å². The van der Waals surface area contributed by atoms with Gasteiger partial charge in [-0.25, -0.2) is 14.2 Å². The molecule has 0 amide bonds. The van der Waals surface area contributed by atoms with Crippen LogP contribution in [0.3, 0.4) is 0 Å². The number of aromatic carboxylic acids is 1. The maximum Gasteiger partial charge on any atom is 0.335 e. The smallest absolute Gasteiger partial charge is 0.335 e. The Labute approximate surface area is 138 Å². The summed E-state index contributed by atoms with van der Waals surface area (Å²) in [4.78, 5) is 29.9. The Kier molecular flexibility index (Phi) is 5.63. The standard InChI is InChI=1S/C18H19FN2O3/c1-3-5-14-10-16(22)21-17(20-14)11(4-2)8-13-9-12(18(23)24)6-7-15(13)19/h6-10H,3-5H2,1-2H3,(H,23,24)(H,20,21,22)/b11-8+. The van der Waals surface area contributed by atoms with Crippen LogP contribution in [0.25, 0.3) is 11.6 Å². The van der Waals surface area contributed by atoms with Crippen LogP contribution < -0.4 is 5.56 Å². The van der Waals surface area contributed by atoms with Crippen LogP contribution in [0, 0.1) is 5.82 Å². The van der Waals surface area contributed by atoms with Crippen molar-refractivity contribution in [1.29, 1.82) is 0 Å². The van der Waals surface area contributed by atoms with Crippen molar-refractivity contribution in [1.82, 2.24) is 9.97 Å². The van der Waals surface area contributed by atoms with Crippen molar-refractivity contribution in [2.45, 2.75) is 33.1 Å². The van der Waals surface area contributed by atoms with Crippen molar-refractivity contribution < 1.29 is 14.3 Å². The highest BCUT2D eigenvalue weighted by atomic mass is 19.1. The van der Waals surface area contributed by atoms with E-state index in [-0.39, 0.29) is 16.7 Å². The summed E-state index contributed by atoms with van der Waals surface area (Å²) in [5.41, 5.74) is 1.19. The van der Waals surface area contributed by atoms with E-state index in [9.17, 15) is 14.0 Å². The topological polar surface area (TPSA) is 83.0 Å². The van der Waals surface area contributed by atoms with Gasteiger partial charge in [0.1, 0.15) is 11.6 Å². The molecule has 6 heteroatoms. The van der Waals surface area contributed by atoms with E-state index < -0.39 is 11.8 Å². The van der Waals surface area contributed by atoms with Crippen molar-refractivity contribution in [3.05, 3.63) is 63.1 Å². The molecule has 0 fully saturated rings. The number of carboxylic acid groups (broad SMARTS) is 1. The number of aromatic nitrogens is 2. The lowest BCUT2D eigenvalue weighted by atomic mass is 10.0. The van der Waals surface area contributed by atoms with Crippen molar-refractivity contribution in [3.8, 4) is 0 Å². The molecule has 1 heterocycles. The first kappa shape index (κ1) is 17.6. The molecule has 0 atom stereocenters.